The summed E-state index contributed by atoms with van der Waals surface area (Å²) >= 11 is 0. The smallest absolute Gasteiger partial charge is 0.403 e. The first kappa shape index (κ1) is 20.2. The minimum Gasteiger partial charge on any atom is -0.403 e. The molecule has 150 valence electrons. The molecule has 1 nitrogen and oxygen atoms in total. The molecule has 0 heterocycles. The zero-order valence-electron chi connectivity index (χ0n) is 15.9. The van der Waals surface area contributed by atoms with E-state index in [9.17, 15) is 17.6 Å². The molecule has 1 aromatic rings. The third-order valence-electron chi connectivity index (χ3n) is 6.06. The van der Waals surface area contributed by atoms with Gasteiger partial charge in [-0.2, -0.15) is 0 Å². The maximum Gasteiger partial charge on any atom is 0.573 e. The maximum absolute atomic E-state index is 14.4. The molecule has 0 N–H and O–H groups in total. The normalized spacial score (nSPS) is 22.9. The molecule has 2 aliphatic rings. The fraction of sp³-hybridized carbons (Fsp3) is 0.636. The standard InChI is InChI=1S/C22H28F4O/c1-2-3-4-5-15-6-8-16(9-7-15)17-10-12-19-18(14-17)11-13-20(21(19)23)27-22(24,25)26/h11,13-16H,2-10,12H2,1H3. The van der Waals surface area contributed by atoms with Crippen molar-refractivity contribution < 1.29 is 22.3 Å². The van der Waals surface area contributed by atoms with Gasteiger partial charge in [0, 0.05) is 0 Å². The number of allylic oxidation sites excluding steroid dienone is 1. The fourth-order valence-electron chi connectivity index (χ4n) is 4.58. The Hall–Kier alpha value is -1.52. The van der Waals surface area contributed by atoms with E-state index in [2.05, 4.69) is 11.7 Å². The molecule has 1 saturated carbocycles. The predicted molar refractivity (Wildman–Crippen MR) is 99.0 cm³/mol. The lowest BCUT2D eigenvalue weighted by atomic mass is 9.74. The number of benzene rings is 1. The second kappa shape index (κ2) is 8.66. The van der Waals surface area contributed by atoms with Crippen LogP contribution in [0.2, 0.25) is 0 Å². The molecule has 0 atom stereocenters. The molecule has 0 saturated heterocycles. The van der Waals surface area contributed by atoms with Gasteiger partial charge in [-0.25, -0.2) is 4.39 Å². The summed E-state index contributed by atoms with van der Waals surface area (Å²) < 4.78 is 55.4. The summed E-state index contributed by atoms with van der Waals surface area (Å²) in [5.74, 6) is -0.232. The number of hydrogen-bond donors (Lipinski definition) is 0. The third kappa shape index (κ3) is 5.26. The van der Waals surface area contributed by atoms with Gasteiger partial charge in [0.2, 0.25) is 0 Å². The largest absolute Gasteiger partial charge is 0.573 e. The minimum absolute atomic E-state index is 0.341. The molecule has 2 aliphatic carbocycles. The van der Waals surface area contributed by atoms with E-state index in [4.69, 9.17) is 0 Å². The number of fused-ring (bicyclic) bond motifs is 1. The highest BCUT2D eigenvalue weighted by atomic mass is 19.4. The first-order valence-electron chi connectivity index (χ1n) is 10.1. The van der Waals surface area contributed by atoms with E-state index in [1.54, 1.807) is 6.07 Å². The number of unbranched alkanes of at least 4 members (excludes halogenated alkanes) is 2. The maximum atomic E-state index is 14.4. The van der Waals surface area contributed by atoms with Gasteiger partial charge in [-0.3, -0.25) is 0 Å². The Morgan fingerprint density at radius 1 is 1.04 bits per heavy atom. The van der Waals surface area contributed by atoms with Gasteiger partial charge >= 0.3 is 6.36 Å². The Kier molecular flexibility index (Phi) is 6.48. The lowest BCUT2D eigenvalue weighted by Gasteiger charge is -2.32. The van der Waals surface area contributed by atoms with Crippen LogP contribution in [-0.2, 0) is 6.42 Å². The topological polar surface area (TPSA) is 9.23 Å². The number of ether oxygens (including phenoxy) is 1. The zero-order valence-corrected chi connectivity index (χ0v) is 15.9. The van der Waals surface area contributed by atoms with Crippen LogP contribution in [0, 0.1) is 17.7 Å². The Bertz CT molecular complexity index is 670. The van der Waals surface area contributed by atoms with Crippen LogP contribution in [0.1, 0.15) is 75.8 Å². The highest BCUT2D eigenvalue weighted by Crippen LogP contribution is 2.41. The van der Waals surface area contributed by atoms with Crippen LogP contribution in [0.3, 0.4) is 0 Å². The van der Waals surface area contributed by atoms with Crippen molar-refractivity contribution in [1.82, 2.24) is 0 Å². The summed E-state index contributed by atoms with van der Waals surface area (Å²) in [4.78, 5) is 0. The summed E-state index contributed by atoms with van der Waals surface area (Å²) in [6.07, 6.45) is 8.38. The van der Waals surface area contributed by atoms with Crippen molar-refractivity contribution in [2.24, 2.45) is 11.8 Å². The van der Waals surface area contributed by atoms with E-state index in [0.717, 1.165) is 18.4 Å². The monoisotopic (exact) mass is 384 g/mol. The van der Waals surface area contributed by atoms with Gasteiger partial charge < -0.3 is 4.74 Å². The van der Waals surface area contributed by atoms with Gasteiger partial charge in [0.05, 0.1) is 0 Å². The van der Waals surface area contributed by atoms with Gasteiger partial charge in [0.25, 0.3) is 0 Å². The van der Waals surface area contributed by atoms with Gasteiger partial charge in [0.15, 0.2) is 11.6 Å². The van der Waals surface area contributed by atoms with Crippen molar-refractivity contribution >= 4 is 6.08 Å². The van der Waals surface area contributed by atoms with Crippen LogP contribution in [0.5, 0.6) is 5.75 Å². The number of alkyl halides is 3. The third-order valence-corrected chi connectivity index (χ3v) is 6.06. The van der Waals surface area contributed by atoms with Gasteiger partial charge in [0.1, 0.15) is 0 Å². The first-order chi connectivity index (χ1) is 12.9. The number of hydrogen-bond acceptors (Lipinski definition) is 1. The molecule has 0 amide bonds. The summed E-state index contributed by atoms with van der Waals surface area (Å²) in [6.45, 7) is 2.23. The van der Waals surface area contributed by atoms with E-state index in [0.29, 0.717) is 23.5 Å². The van der Waals surface area contributed by atoms with Crippen molar-refractivity contribution in [2.45, 2.75) is 77.5 Å². The first-order valence-corrected chi connectivity index (χ1v) is 10.1. The van der Waals surface area contributed by atoms with E-state index < -0.39 is 17.9 Å². The van der Waals surface area contributed by atoms with Gasteiger partial charge in [-0.15, -0.1) is 13.2 Å². The minimum atomic E-state index is -4.87. The molecule has 5 heteroatoms. The van der Waals surface area contributed by atoms with Crippen LogP contribution in [0.4, 0.5) is 17.6 Å². The Labute approximate surface area is 158 Å². The molecule has 0 radical (unpaired) electrons. The van der Waals surface area contributed by atoms with E-state index in [-0.39, 0.29) is 0 Å². The van der Waals surface area contributed by atoms with Crippen LogP contribution in [0.25, 0.3) is 6.08 Å². The van der Waals surface area contributed by atoms with E-state index in [1.807, 2.05) is 6.08 Å². The van der Waals surface area contributed by atoms with Crippen molar-refractivity contribution in [3.05, 3.63) is 34.6 Å². The lowest BCUT2D eigenvalue weighted by molar-refractivity contribution is -0.275. The molecule has 0 aromatic heterocycles. The molecule has 27 heavy (non-hydrogen) atoms. The average Bonchev–Trinajstić information content (AvgIpc) is 2.64. The lowest BCUT2D eigenvalue weighted by Crippen LogP contribution is -2.20. The second-order valence-electron chi connectivity index (χ2n) is 7.93. The molecule has 1 fully saturated rings. The summed E-state index contributed by atoms with van der Waals surface area (Å²) in [5.41, 5.74) is 2.38. The summed E-state index contributed by atoms with van der Waals surface area (Å²) in [5, 5.41) is 0. The zero-order chi connectivity index (χ0) is 19.4. The number of rotatable bonds is 6. The van der Waals surface area contributed by atoms with E-state index >= 15 is 0 Å². The Balaban J connectivity index is 1.64. The molecule has 0 bridgehead atoms. The SMILES string of the molecule is CCCCCC1CCC(C2=Cc3ccc(OC(F)(F)F)c(F)c3CC2)CC1. The second-order valence-corrected chi connectivity index (χ2v) is 7.93. The molecular formula is C22H28F4O. The highest BCUT2D eigenvalue weighted by molar-refractivity contribution is 5.62. The van der Waals surface area contributed by atoms with Crippen molar-refractivity contribution in [3.8, 4) is 5.75 Å². The van der Waals surface area contributed by atoms with Crippen LogP contribution >= 0.6 is 0 Å². The van der Waals surface area contributed by atoms with Crippen LogP contribution < -0.4 is 4.74 Å². The summed E-state index contributed by atoms with van der Waals surface area (Å²) in [7, 11) is 0. The molecule has 0 aliphatic heterocycles. The van der Waals surface area contributed by atoms with Crippen LogP contribution in [-0.4, -0.2) is 6.36 Å². The molecule has 1 aromatic carbocycles. The van der Waals surface area contributed by atoms with Crippen LogP contribution in [0.15, 0.2) is 17.7 Å². The van der Waals surface area contributed by atoms with Gasteiger partial charge in [-0.05, 0) is 67.6 Å². The highest BCUT2D eigenvalue weighted by Gasteiger charge is 2.33. The predicted octanol–water partition coefficient (Wildman–Crippen LogP) is 7.44. The number of halogens is 4. The fourth-order valence-corrected chi connectivity index (χ4v) is 4.58. The van der Waals surface area contributed by atoms with Crippen molar-refractivity contribution in [2.75, 3.05) is 0 Å². The van der Waals surface area contributed by atoms with E-state index in [1.165, 1.54) is 56.9 Å². The molecule has 0 spiro atoms. The Morgan fingerprint density at radius 2 is 1.78 bits per heavy atom. The molecule has 0 unspecified atom stereocenters. The molecular weight excluding hydrogens is 356 g/mol. The van der Waals surface area contributed by atoms with Crippen molar-refractivity contribution in [3.63, 3.8) is 0 Å². The quantitative estimate of drug-likeness (QED) is 0.366. The van der Waals surface area contributed by atoms with Crippen molar-refractivity contribution in [1.29, 1.82) is 0 Å². The Morgan fingerprint density at radius 3 is 2.44 bits per heavy atom. The average molecular weight is 384 g/mol. The molecule has 3 rings (SSSR count). The summed E-state index contributed by atoms with van der Waals surface area (Å²) in [6, 6.07) is 2.64. The van der Waals surface area contributed by atoms with Gasteiger partial charge in [-0.1, -0.05) is 50.3 Å².